The van der Waals surface area contributed by atoms with E-state index in [1.165, 1.54) is 19.4 Å². The van der Waals surface area contributed by atoms with Crippen molar-refractivity contribution in [2.45, 2.75) is 12.5 Å². The van der Waals surface area contributed by atoms with Crippen LogP contribution in [0.15, 0.2) is 53.6 Å². The zero-order valence-corrected chi connectivity index (χ0v) is 15.7. The van der Waals surface area contributed by atoms with Crippen molar-refractivity contribution in [3.05, 3.63) is 59.7 Å². The van der Waals surface area contributed by atoms with Crippen LogP contribution in [-0.4, -0.2) is 48.7 Å². The largest absolute Gasteiger partial charge is 0.496 e. The summed E-state index contributed by atoms with van der Waals surface area (Å²) in [6, 6.07) is 12.9. The highest BCUT2D eigenvalue weighted by molar-refractivity contribution is 6.02. The Morgan fingerprint density at radius 2 is 1.93 bits per heavy atom. The Labute approximate surface area is 167 Å². The summed E-state index contributed by atoms with van der Waals surface area (Å²) >= 11 is 0. The van der Waals surface area contributed by atoms with Gasteiger partial charge < -0.3 is 25.7 Å². The molecule has 0 heterocycles. The first kappa shape index (κ1) is 21.4. The minimum atomic E-state index is -1.65. The van der Waals surface area contributed by atoms with Gasteiger partial charge in [-0.1, -0.05) is 24.3 Å². The second-order valence-electron chi connectivity index (χ2n) is 5.86. The first-order valence-electron chi connectivity index (χ1n) is 8.63. The van der Waals surface area contributed by atoms with Gasteiger partial charge in [0.15, 0.2) is 5.78 Å². The van der Waals surface area contributed by atoms with E-state index in [2.05, 4.69) is 10.4 Å². The zero-order valence-electron chi connectivity index (χ0n) is 15.7. The van der Waals surface area contributed by atoms with Crippen LogP contribution < -0.4 is 20.6 Å². The van der Waals surface area contributed by atoms with Gasteiger partial charge in [0.25, 0.3) is 12.0 Å². The average molecular weight is 399 g/mol. The summed E-state index contributed by atoms with van der Waals surface area (Å²) in [6.45, 7) is -0.0608. The Morgan fingerprint density at radius 3 is 2.55 bits per heavy atom. The molecule has 29 heavy (non-hydrogen) atoms. The van der Waals surface area contributed by atoms with Crippen LogP contribution in [0, 0.1) is 0 Å². The van der Waals surface area contributed by atoms with Crippen molar-refractivity contribution in [1.29, 1.82) is 0 Å². The third-order valence-electron chi connectivity index (χ3n) is 3.86. The van der Waals surface area contributed by atoms with Crippen LogP contribution in [0.25, 0.3) is 0 Å². The number of ether oxygens (including phenoxy) is 2. The van der Waals surface area contributed by atoms with Crippen molar-refractivity contribution >= 4 is 23.9 Å². The molecule has 9 heteroatoms. The van der Waals surface area contributed by atoms with E-state index < -0.39 is 23.8 Å². The van der Waals surface area contributed by atoms with Gasteiger partial charge in [0.1, 0.15) is 11.5 Å². The van der Waals surface area contributed by atoms with Gasteiger partial charge in [-0.15, -0.1) is 0 Å². The number of rotatable bonds is 10. The SMILES string of the molecule is COc1cc(C=NN)ccc1C(=O)NCCC(=O)C(Oc1ccccc1)C(=O)O. The van der Waals surface area contributed by atoms with E-state index in [1.54, 1.807) is 42.5 Å². The van der Waals surface area contributed by atoms with E-state index in [0.29, 0.717) is 11.3 Å². The predicted molar refractivity (Wildman–Crippen MR) is 105 cm³/mol. The number of carbonyl (C=O) groups is 3. The van der Waals surface area contributed by atoms with Crippen molar-refractivity contribution < 1.29 is 29.0 Å². The van der Waals surface area contributed by atoms with Gasteiger partial charge in [-0.3, -0.25) is 9.59 Å². The van der Waals surface area contributed by atoms with E-state index in [9.17, 15) is 19.5 Å². The molecule has 0 aliphatic carbocycles. The van der Waals surface area contributed by atoms with E-state index >= 15 is 0 Å². The lowest BCUT2D eigenvalue weighted by Gasteiger charge is -2.14. The molecule has 4 N–H and O–H groups in total. The maximum absolute atomic E-state index is 12.4. The molecule has 1 atom stereocenters. The number of benzene rings is 2. The lowest BCUT2D eigenvalue weighted by Crippen LogP contribution is -2.38. The van der Waals surface area contributed by atoms with Gasteiger partial charge in [0.2, 0.25) is 0 Å². The first-order valence-corrected chi connectivity index (χ1v) is 8.63. The Bertz CT molecular complexity index is 898. The number of nitrogens with one attached hydrogen (secondary N) is 1. The lowest BCUT2D eigenvalue weighted by molar-refractivity contribution is -0.150. The Kier molecular flexibility index (Phi) is 7.72. The number of nitrogens with two attached hydrogens (primary N) is 1. The van der Waals surface area contributed by atoms with Crippen molar-refractivity contribution in [1.82, 2.24) is 5.32 Å². The van der Waals surface area contributed by atoms with Crippen LogP contribution in [0.5, 0.6) is 11.5 Å². The molecule has 9 nitrogen and oxygen atoms in total. The van der Waals surface area contributed by atoms with Crippen molar-refractivity contribution in [2.75, 3.05) is 13.7 Å². The van der Waals surface area contributed by atoms with Crippen LogP contribution in [0.4, 0.5) is 0 Å². The molecule has 0 aliphatic heterocycles. The summed E-state index contributed by atoms with van der Waals surface area (Å²) in [4.78, 5) is 36.0. The van der Waals surface area contributed by atoms with Gasteiger partial charge in [0, 0.05) is 13.0 Å². The van der Waals surface area contributed by atoms with Crippen molar-refractivity contribution in [3.63, 3.8) is 0 Å². The molecule has 0 aromatic heterocycles. The van der Waals surface area contributed by atoms with Crippen LogP contribution in [-0.2, 0) is 9.59 Å². The Morgan fingerprint density at radius 1 is 1.21 bits per heavy atom. The number of methoxy groups -OCH3 is 1. The Hall–Kier alpha value is -3.88. The summed E-state index contributed by atoms with van der Waals surface area (Å²) in [5.41, 5.74) is 0.905. The van der Waals surface area contributed by atoms with Crippen molar-refractivity contribution in [3.8, 4) is 11.5 Å². The molecule has 1 unspecified atom stereocenters. The average Bonchev–Trinajstić information content (AvgIpc) is 2.72. The summed E-state index contributed by atoms with van der Waals surface area (Å²) in [6.07, 6.45) is -0.462. The molecule has 0 bridgehead atoms. The fourth-order valence-electron chi connectivity index (χ4n) is 2.48. The molecule has 0 saturated heterocycles. The monoisotopic (exact) mass is 399 g/mol. The fourth-order valence-corrected chi connectivity index (χ4v) is 2.48. The van der Waals surface area contributed by atoms with E-state index in [-0.39, 0.29) is 24.3 Å². The highest BCUT2D eigenvalue weighted by Crippen LogP contribution is 2.19. The number of hydrogen-bond acceptors (Lipinski definition) is 7. The number of hydrogen-bond donors (Lipinski definition) is 3. The highest BCUT2D eigenvalue weighted by Gasteiger charge is 2.28. The zero-order chi connectivity index (χ0) is 21.2. The molecule has 0 fully saturated rings. The minimum absolute atomic E-state index is 0.0608. The molecule has 2 aromatic carbocycles. The summed E-state index contributed by atoms with van der Waals surface area (Å²) < 4.78 is 10.4. The smallest absolute Gasteiger partial charge is 0.352 e. The number of Topliss-reactive ketones (excluding diaryl/α,β-unsaturated/α-hetero) is 1. The van der Waals surface area contributed by atoms with Crippen LogP contribution in [0.1, 0.15) is 22.3 Å². The fraction of sp³-hybridized carbons (Fsp3) is 0.200. The van der Waals surface area contributed by atoms with E-state index in [1.807, 2.05) is 0 Å². The number of aliphatic carboxylic acids is 1. The predicted octanol–water partition coefficient (Wildman–Crippen LogP) is 1.21. The Balaban J connectivity index is 1.96. The van der Waals surface area contributed by atoms with Crippen LogP contribution in [0.3, 0.4) is 0 Å². The molecule has 2 rings (SSSR count). The highest BCUT2D eigenvalue weighted by atomic mass is 16.5. The summed E-state index contributed by atoms with van der Waals surface area (Å²) in [5.74, 6) is 3.14. The van der Waals surface area contributed by atoms with Gasteiger partial charge in [-0.05, 0) is 29.8 Å². The molecular weight excluding hydrogens is 378 g/mol. The molecule has 0 saturated carbocycles. The summed E-state index contributed by atoms with van der Waals surface area (Å²) in [5, 5.41) is 15.2. The van der Waals surface area contributed by atoms with E-state index in [0.717, 1.165) is 0 Å². The number of hydrazone groups is 1. The second-order valence-corrected chi connectivity index (χ2v) is 5.86. The molecule has 0 aliphatic rings. The maximum atomic E-state index is 12.4. The first-order chi connectivity index (χ1) is 14.0. The number of nitrogens with zero attached hydrogens (tertiary/aromatic N) is 1. The van der Waals surface area contributed by atoms with Gasteiger partial charge in [-0.25, -0.2) is 4.79 Å². The number of carboxylic acids is 1. The standard InChI is InChI=1S/C20H21N3O6/c1-28-17-11-13(12-23-21)7-8-15(17)19(25)22-10-9-16(24)18(20(26)27)29-14-5-3-2-4-6-14/h2-8,11-12,18H,9-10,21H2,1H3,(H,22,25)(H,26,27). The lowest BCUT2D eigenvalue weighted by atomic mass is 10.1. The normalized spacial score (nSPS) is 11.6. The molecular formula is C20H21N3O6. The second kappa shape index (κ2) is 10.5. The van der Waals surface area contributed by atoms with Crippen LogP contribution >= 0.6 is 0 Å². The minimum Gasteiger partial charge on any atom is -0.496 e. The van der Waals surface area contributed by atoms with E-state index in [4.69, 9.17) is 15.3 Å². The number of carboxylic acid groups (broad SMARTS) is 1. The van der Waals surface area contributed by atoms with Gasteiger partial charge in [0.05, 0.1) is 18.9 Å². The number of amides is 1. The molecule has 2 aromatic rings. The van der Waals surface area contributed by atoms with Gasteiger partial charge in [-0.2, -0.15) is 5.10 Å². The molecule has 0 radical (unpaired) electrons. The van der Waals surface area contributed by atoms with Crippen molar-refractivity contribution in [2.24, 2.45) is 10.9 Å². The summed E-state index contributed by atoms with van der Waals surface area (Å²) in [7, 11) is 1.41. The third-order valence-corrected chi connectivity index (χ3v) is 3.86. The topological polar surface area (TPSA) is 140 Å². The third kappa shape index (κ3) is 6.06. The number of ketones is 1. The quantitative estimate of drug-likeness (QED) is 0.236. The molecule has 1 amide bonds. The maximum Gasteiger partial charge on any atom is 0.352 e. The van der Waals surface area contributed by atoms with Gasteiger partial charge >= 0.3 is 5.97 Å². The number of carbonyl (C=O) groups excluding carboxylic acids is 2. The number of para-hydroxylation sites is 1. The molecule has 152 valence electrons. The van der Waals surface area contributed by atoms with Crippen LogP contribution in [0.2, 0.25) is 0 Å². The molecule has 0 spiro atoms.